The van der Waals surface area contributed by atoms with Gasteiger partial charge in [-0.25, -0.2) is 9.40 Å². The first-order valence-electron chi connectivity index (χ1n) is 10.8. The van der Waals surface area contributed by atoms with E-state index in [4.69, 9.17) is 17.3 Å². The van der Waals surface area contributed by atoms with Crippen molar-refractivity contribution in [3.8, 4) is 0 Å². The number of nitrogens with zero attached hydrogens (tertiary/aromatic N) is 3. The molecule has 0 aromatic heterocycles. The van der Waals surface area contributed by atoms with Gasteiger partial charge in [0.2, 0.25) is 5.91 Å². The third kappa shape index (κ3) is 4.27. The van der Waals surface area contributed by atoms with Crippen molar-refractivity contribution in [2.45, 2.75) is 32.2 Å². The van der Waals surface area contributed by atoms with Crippen molar-refractivity contribution in [2.24, 2.45) is 16.3 Å². The number of halogens is 2. The average molecular weight is 457 g/mol. The lowest BCUT2D eigenvalue weighted by Crippen LogP contribution is -2.58. The summed E-state index contributed by atoms with van der Waals surface area (Å²) >= 11 is 5.94. The van der Waals surface area contributed by atoms with Gasteiger partial charge in [0, 0.05) is 31.1 Å². The summed E-state index contributed by atoms with van der Waals surface area (Å²) in [4.78, 5) is 28.3. The number of nitrogens with two attached hydrogens (primary N) is 1. The summed E-state index contributed by atoms with van der Waals surface area (Å²) in [6.07, 6.45) is 1.24. The van der Waals surface area contributed by atoms with Crippen molar-refractivity contribution in [3.63, 3.8) is 0 Å². The van der Waals surface area contributed by atoms with Gasteiger partial charge in [-0.1, -0.05) is 35.9 Å². The molecule has 0 saturated carbocycles. The van der Waals surface area contributed by atoms with Gasteiger partial charge in [-0.3, -0.25) is 9.59 Å². The summed E-state index contributed by atoms with van der Waals surface area (Å²) < 4.78 is 13.4. The Morgan fingerprint density at radius 1 is 1.19 bits per heavy atom. The van der Waals surface area contributed by atoms with E-state index in [9.17, 15) is 14.0 Å². The molecule has 2 atom stereocenters. The molecule has 2 aliphatic rings. The Balaban J connectivity index is 1.56. The highest BCUT2D eigenvalue weighted by molar-refractivity contribution is 6.30. The minimum Gasteiger partial charge on any atom is -0.339 e. The van der Waals surface area contributed by atoms with Crippen LogP contribution in [0.2, 0.25) is 5.02 Å². The third-order valence-corrected chi connectivity index (χ3v) is 6.49. The Labute approximate surface area is 191 Å². The number of piperidine rings is 1. The Morgan fingerprint density at radius 3 is 2.50 bits per heavy atom. The first kappa shape index (κ1) is 22.4. The number of likely N-dealkylation sites (tertiary alicyclic amines) is 1. The van der Waals surface area contributed by atoms with Crippen LogP contribution in [0.3, 0.4) is 0 Å². The fourth-order valence-corrected chi connectivity index (χ4v) is 4.66. The molecule has 1 fully saturated rings. The molecular weight excluding hydrogens is 431 g/mol. The van der Waals surface area contributed by atoms with Crippen molar-refractivity contribution >= 4 is 29.1 Å². The van der Waals surface area contributed by atoms with E-state index < -0.39 is 11.5 Å². The molecule has 2 aliphatic heterocycles. The lowest BCUT2D eigenvalue weighted by atomic mass is 9.73. The van der Waals surface area contributed by atoms with Crippen LogP contribution in [0.4, 0.5) is 4.39 Å². The van der Waals surface area contributed by atoms with Crippen LogP contribution >= 0.6 is 11.6 Å². The number of rotatable bonds is 6. The second kappa shape index (κ2) is 9.00. The zero-order chi connectivity index (χ0) is 22.9. The van der Waals surface area contributed by atoms with E-state index in [2.05, 4.69) is 5.10 Å². The van der Waals surface area contributed by atoms with Crippen LogP contribution in [-0.2, 0) is 22.4 Å². The molecule has 0 aliphatic carbocycles. The van der Waals surface area contributed by atoms with Crippen LogP contribution in [0.5, 0.6) is 0 Å². The monoisotopic (exact) mass is 456 g/mol. The maximum Gasteiger partial charge on any atom is 0.256 e. The number of hydrazone groups is 1. The number of carbonyl (C=O) groups is 2. The smallest absolute Gasteiger partial charge is 0.256 e. The summed E-state index contributed by atoms with van der Waals surface area (Å²) in [5.74, 6) is -0.648. The van der Waals surface area contributed by atoms with Crippen molar-refractivity contribution in [2.75, 3.05) is 19.6 Å². The minimum atomic E-state index is -0.943. The maximum atomic E-state index is 13.4. The predicted molar refractivity (Wildman–Crippen MR) is 122 cm³/mol. The largest absolute Gasteiger partial charge is 0.339 e. The normalized spacial score (nSPS) is 21.4. The summed E-state index contributed by atoms with van der Waals surface area (Å²) in [5, 5.41) is 6.65. The highest BCUT2D eigenvalue weighted by Crippen LogP contribution is 2.38. The number of carbonyl (C=O) groups excluding carboxylic acids is 2. The molecular formula is C24H26ClFN4O2. The fraction of sp³-hybridized carbons (Fsp3) is 0.375. The molecule has 32 heavy (non-hydrogen) atoms. The standard InChI is InChI=1S/C24H26ClFN4O2/c1-2-30-23(32)24(14-17-5-9-19(26)10-6-17)15-29(12-11-21(24)28-30)22(31)20(27)13-16-3-7-18(25)8-4-16/h3-10,20H,2,11-15,27H2,1H3/t20-,24+/m1/s1. The molecule has 0 unspecified atom stereocenters. The van der Waals surface area contributed by atoms with Gasteiger partial charge in [0.1, 0.15) is 11.2 Å². The maximum absolute atomic E-state index is 13.4. The van der Waals surface area contributed by atoms with E-state index in [0.29, 0.717) is 37.4 Å². The lowest BCUT2D eigenvalue weighted by molar-refractivity contribution is -0.141. The Kier molecular flexibility index (Phi) is 6.31. The molecule has 0 radical (unpaired) electrons. The third-order valence-electron chi connectivity index (χ3n) is 6.23. The van der Waals surface area contributed by atoms with E-state index in [-0.39, 0.29) is 24.2 Å². The Bertz CT molecular complexity index is 1040. The highest BCUT2D eigenvalue weighted by Gasteiger charge is 2.54. The molecule has 8 heteroatoms. The first-order valence-corrected chi connectivity index (χ1v) is 11.1. The SMILES string of the molecule is CCN1N=C2CCN(C(=O)[C@H](N)Cc3ccc(Cl)cc3)C[C@]2(Cc2ccc(F)cc2)C1=O. The summed E-state index contributed by atoms with van der Waals surface area (Å²) in [7, 11) is 0. The van der Waals surface area contributed by atoms with E-state index >= 15 is 0 Å². The number of hydrogen-bond donors (Lipinski definition) is 1. The van der Waals surface area contributed by atoms with Gasteiger partial charge in [0.25, 0.3) is 5.91 Å². The van der Waals surface area contributed by atoms with Gasteiger partial charge in [-0.15, -0.1) is 0 Å². The number of fused-ring (bicyclic) bond motifs is 1. The van der Waals surface area contributed by atoms with Crippen LogP contribution in [0.1, 0.15) is 24.5 Å². The van der Waals surface area contributed by atoms with Gasteiger partial charge in [0.15, 0.2) is 0 Å². The molecule has 0 spiro atoms. The molecule has 0 bridgehead atoms. The number of benzene rings is 2. The van der Waals surface area contributed by atoms with Gasteiger partial charge < -0.3 is 10.6 Å². The predicted octanol–water partition coefficient (Wildman–Crippen LogP) is 3.03. The topological polar surface area (TPSA) is 79.0 Å². The van der Waals surface area contributed by atoms with Gasteiger partial charge >= 0.3 is 0 Å². The van der Waals surface area contributed by atoms with Crippen LogP contribution in [0.25, 0.3) is 0 Å². The van der Waals surface area contributed by atoms with Gasteiger partial charge in [-0.2, -0.15) is 5.10 Å². The zero-order valence-electron chi connectivity index (χ0n) is 17.9. The highest BCUT2D eigenvalue weighted by atomic mass is 35.5. The van der Waals surface area contributed by atoms with E-state index in [1.54, 1.807) is 29.2 Å². The Morgan fingerprint density at radius 2 is 1.84 bits per heavy atom. The summed E-state index contributed by atoms with van der Waals surface area (Å²) in [5.41, 5.74) is 7.85. The molecule has 4 rings (SSSR count). The molecule has 2 N–H and O–H groups in total. The number of hydrogen-bond acceptors (Lipinski definition) is 4. The summed E-state index contributed by atoms with van der Waals surface area (Å²) in [6.45, 7) is 3.00. The van der Waals surface area contributed by atoms with Crippen molar-refractivity contribution in [1.82, 2.24) is 9.91 Å². The second-order valence-corrected chi connectivity index (χ2v) is 8.84. The van der Waals surface area contributed by atoms with E-state index in [1.807, 2.05) is 19.1 Å². The van der Waals surface area contributed by atoms with Crippen molar-refractivity contribution in [1.29, 1.82) is 0 Å². The molecule has 2 heterocycles. The second-order valence-electron chi connectivity index (χ2n) is 8.40. The van der Waals surface area contributed by atoms with Gasteiger partial charge in [-0.05, 0) is 55.2 Å². The van der Waals surface area contributed by atoms with Crippen molar-refractivity contribution < 1.29 is 14.0 Å². The Hall–Kier alpha value is -2.77. The molecule has 2 aromatic carbocycles. The van der Waals surface area contributed by atoms with Crippen LogP contribution in [0.15, 0.2) is 53.6 Å². The van der Waals surface area contributed by atoms with E-state index in [1.165, 1.54) is 17.1 Å². The average Bonchev–Trinajstić information content (AvgIpc) is 3.07. The molecule has 1 saturated heterocycles. The van der Waals surface area contributed by atoms with Crippen molar-refractivity contribution in [3.05, 3.63) is 70.5 Å². The molecule has 168 valence electrons. The number of amides is 2. The molecule has 6 nitrogen and oxygen atoms in total. The first-order chi connectivity index (χ1) is 15.3. The zero-order valence-corrected chi connectivity index (χ0v) is 18.7. The van der Waals surface area contributed by atoms with Crippen LogP contribution in [-0.4, -0.2) is 53.1 Å². The van der Waals surface area contributed by atoms with Crippen LogP contribution < -0.4 is 5.73 Å². The minimum absolute atomic E-state index is 0.122. The van der Waals surface area contributed by atoms with Crippen LogP contribution in [0, 0.1) is 11.2 Å². The molecule has 2 aromatic rings. The van der Waals surface area contributed by atoms with Gasteiger partial charge in [0.05, 0.1) is 11.8 Å². The van der Waals surface area contributed by atoms with E-state index in [0.717, 1.165) is 16.8 Å². The molecule has 2 amide bonds. The summed E-state index contributed by atoms with van der Waals surface area (Å²) in [6, 6.07) is 12.6. The lowest BCUT2D eigenvalue weighted by Gasteiger charge is -2.40. The quantitative estimate of drug-likeness (QED) is 0.725. The fourth-order valence-electron chi connectivity index (χ4n) is 4.53.